The number of aromatic nitrogens is 2. The van der Waals surface area contributed by atoms with Crippen molar-refractivity contribution in [2.45, 2.75) is 11.8 Å². The van der Waals surface area contributed by atoms with E-state index in [1.54, 1.807) is 43.5 Å². The second-order valence-corrected chi connectivity index (χ2v) is 7.87. The zero-order valence-corrected chi connectivity index (χ0v) is 15.8. The maximum Gasteiger partial charge on any atom is 0.263 e. The molecule has 2 heterocycles. The minimum Gasteiger partial charge on any atom is -0.436 e. The Morgan fingerprint density at radius 2 is 1.61 bits per heavy atom. The van der Waals surface area contributed by atoms with Crippen LogP contribution in [0.1, 0.15) is 5.69 Å². The second kappa shape index (κ2) is 7.28. The molecule has 0 amide bonds. The van der Waals surface area contributed by atoms with E-state index in [4.69, 9.17) is 4.42 Å². The fourth-order valence-corrected chi connectivity index (χ4v) is 3.72. The molecule has 2 aromatic heterocycles. The number of oxazole rings is 1. The van der Waals surface area contributed by atoms with Gasteiger partial charge in [0.1, 0.15) is 5.82 Å². The number of pyridine rings is 1. The Hall–Kier alpha value is -3.45. The Bertz CT molecular complexity index is 1200. The fraction of sp³-hybridized carbons (Fsp3) is 0.0476. The van der Waals surface area contributed by atoms with Gasteiger partial charge in [0, 0.05) is 16.8 Å². The summed E-state index contributed by atoms with van der Waals surface area (Å²) in [6.45, 7) is 1.80. The molecule has 0 unspecified atom stereocenters. The fourth-order valence-electron chi connectivity index (χ4n) is 2.72. The zero-order chi connectivity index (χ0) is 19.6. The van der Waals surface area contributed by atoms with Crippen LogP contribution in [0.15, 0.2) is 88.3 Å². The number of nitrogens with one attached hydrogen (secondary N) is 1. The number of aryl methyl sites for hydroxylation is 1. The summed E-state index contributed by atoms with van der Waals surface area (Å²) in [5.74, 6) is 1.36. The van der Waals surface area contributed by atoms with Crippen molar-refractivity contribution in [2.75, 3.05) is 4.72 Å². The highest BCUT2D eigenvalue weighted by Gasteiger charge is 2.16. The lowest BCUT2D eigenvalue weighted by molar-refractivity contribution is 0.588. The predicted octanol–water partition coefficient (Wildman–Crippen LogP) is 4.51. The molecule has 0 saturated heterocycles. The predicted molar refractivity (Wildman–Crippen MR) is 107 cm³/mol. The molecule has 6 nitrogen and oxygen atoms in total. The molecule has 1 N–H and O–H groups in total. The lowest BCUT2D eigenvalue weighted by atomic mass is 10.2. The van der Waals surface area contributed by atoms with Crippen LogP contribution in [0, 0.1) is 6.92 Å². The highest BCUT2D eigenvalue weighted by molar-refractivity contribution is 7.92. The van der Waals surface area contributed by atoms with Gasteiger partial charge in [-0.15, -0.1) is 0 Å². The molecule has 28 heavy (non-hydrogen) atoms. The maximum atomic E-state index is 12.6. The zero-order valence-electron chi connectivity index (χ0n) is 15.0. The van der Waals surface area contributed by atoms with Gasteiger partial charge in [0.05, 0.1) is 11.1 Å². The van der Waals surface area contributed by atoms with Gasteiger partial charge in [-0.3, -0.25) is 4.72 Å². The van der Waals surface area contributed by atoms with E-state index in [0.717, 1.165) is 11.3 Å². The number of sulfonamides is 1. The number of nitrogens with zero attached hydrogens (tertiary/aromatic N) is 2. The third-order valence-corrected chi connectivity index (χ3v) is 5.47. The summed E-state index contributed by atoms with van der Waals surface area (Å²) >= 11 is 0. The Morgan fingerprint density at radius 3 is 2.32 bits per heavy atom. The van der Waals surface area contributed by atoms with Crippen molar-refractivity contribution >= 4 is 15.8 Å². The van der Waals surface area contributed by atoms with Gasteiger partial charge in [-0.25, -0.2) is 18.4 Å². The molecule has 0 aliphatic rings. The van der Waals surface area contributed by atoms with E-state index in [1.165, 1.54) is 12.1 Å². The number of hydrogen-bond acceptors (Lipinski definition) is 5. The maximum absolute atomic E-state index is 12.6. The number of benzene rings is 2. The smallest absolute Gasteiger partial charge is 0.263 e. The summed E-state index contributed by atoms with van der Waals surface area (Å²) in [5.41, 5.74) is 2.35. The van der Waals surface area contributed by atoms with Crippen LogP contribution in [0.5, 0.6) is 0 Å². The van der Waals surface area contributed by atoms with Crippen molar-refractivity contribution in [3.63, 3.8) is 0 Å². The van der Waals surface area contributed by atoms with E-state index in [0.29, 0.717) is 17.2 Å². The molecule has 0 saturated carbocycles. The molecule has 0 spiro atoms. The molecule has 4 aromatic rings. The minimum absolute atomic E-state index is 0.134. The summed E-state index contributed by atoms with van der Waals surface area (Å²) < 4.78 is 33.4. The average Bonchev–Trinajstić information content (AvgIpc) is 3.19. The van der Waals surface area contributed by atoms with E-state index in [9.17, 15) is 8.42 Å². The van der Waals surface area contributed by atoms with Crippen molar-refractivity contribution in [2.24, 2.45) is 0 Å². The molecule has 140 valence electrons. The largest absolute Gasteiger partial charge is 0.436 e. The molecule has 0 aliphatic carbocycles. The Morgan fingerprint density at radius 1 is 0.857 bits per heavy atom. The first-order valence-electron chi connectivity index (χ1n) is 8.59. The third-order valence-electron chi connectivity index (χ3n) is 4.10. The van der Waals surface area contributed by atoms with Crippen LogP contribution in [0.4, 0.5) is 5.82 Å². The summed E-state index contributed by atoms with van der Waals surface area (Å²) in [4.78, 5) is 8.59. The van der Waals surface area contributed by atoms with E-state index in [2.05, 4.69) is 14.7 Å². The van der Waals surface area contributed by atoms with E-state index < -0.39 is 10.0 Å². The van der Waals surface area contributed by atoms with E-state index in [1.807, 2.05) is 30.3 Å². The molecule has 0 fully saturated rings. The number of anilines is 1. The van der Waals surface area contributed by atoms with Crippen LogP contribution in [-0.4, -0.2) is 18.4 Å². The average molecular weight is 391 g/mol. The lowest BCUT2D eigenvalue weighted by Gasteiger charge is -2.08. The van der Waals surface area contributed by atoms with Gasteiger partial charge in [-0.05, 0) is 43.3 Å². The second-order valence-electron chi connectivity index (χ2n) is 6.19. The van der Waals surface area contributed by atoms with Crippen LogP contribution in [0.3, 0.4) is 0 Å². The third kappa shape index (κ3) is 3.79. The van der Waals surface area contributed by atoms with Crippen LogP contribution in [-0.2, 0) is 10.0 Å². The summed E-state index contributed by atoms with van der Waals surface area (Å²) in [5, 5.41) is 0. The van der Waals surface area contributed by atoms with E-state index >= 15 is 0 Å². The summed E-state index contributed by atoms with van der Waals surface area (Å²) in [6, 6.07) is 21.2. The van der Waals surface area contributed by atoms with Crippen molar-refractivity contribution in [1.29, 1.82) is 0 Å². The molecular formula is C21H17N3O3S. The highest BCUT2D eigenvalue weighted by atomic mass is 32.2. The lowest BCUT2D eigenvalue weighted by Crippen LogP contribution is -2.14. The van der Waals surface area contributed by atoms with Crippen LogP contribution in [0.25, 0.3) is 22.8 Å². The molecule has 0 atom stereocenters. The highest BCUT2D eigenvalue weighted by Crippen LogP contribution is 2.27. The first-order chi connectivity index (χ1) is 13.5. The Balaban J connectivity index is 1.56. The topological polar surface area (TPSA) is 85.1 Å². The van der Waals surface area contributed by atoms with E-state index in [-0.39, 0.29) is 10.7 Å². The Kier molecular flexibility index (Phi) is 4.67. The van der Waals surface area contributed by atoms with Crippen molar-refractivity contribution < 1.29 is 12.8 Å². The quantitative estimate of drug-likeness (QED) is 0.541. The number of rotatable bonds is 5. The van der Waals surface area contributed by atoms with Gasteiger partial charge in [0.25, 0.3) is 10.0 Å². The minimum atomic E-state index is -3.73. The van der Waals surface area contributed by atoms with Crippen molar-refractivity contribution in [3.05, 3.63) is 84.7 Å². The first kappa shape index (κ1) is 17.9. The normalized spacial score (nSPS) is 11.3. The standard InChI is InChI=1S/C21H17N3O3S/c1-15-6-5-9-20(23-15)24-28(25,26)18-12-10-17(11-13-18)21-22-14-19(27-21)16-7-3-2-4-8-16/h2-14H,1H3,(H,23,24). The SMILES string of the molecule is Cc1cccc(NS(=O)(=O)c2ccc(-c3ncc(-c4ccccc4)o3)cc2)n1. The van der Waals surface area contributed by atoms with Crippen molar-refractivity contribution in [3.8, 4) is 22.8 Å². The molecule has 2 aromatic carbocycles. The van der Waals surface area contributed by atoms with Gasteiger partial charge in [0.2, 0.25) is 5.89 Å². The molecular weight excluding hydrogens is 374 g/mol. The molecule has 0 aliphatic heterocycles. The summed E-state index contributed by atoms with van der Waals surface area (Å²) in [7, 11) is -3.73. The molecule has 0 radical (unpaired) electrons. The van der Waals surface area contributed by atoms with Gasteiger partial charge in [-0.1, -0.05) is 36.4 Å². The van der Waals surface area contributed by atoms with Crippen molar-refractivity contribution in [1.82, 2.24) is 9.97 Å². The Labute approximate surface area is 163 Å². The monoisotopic (exact) mass is 391 g/mol. The van der Waals surface area contributed by atoms with Gasteiger partial charge in [0.15, 0.2) is 5.76 Å². The molecule has 7 heteroatoms. The van der Waals surface area contributed by atoms with Gasteiger partial charge >= 0.3 is 0 Å². The van der Waals surface area contributed by atoms with Crippen LogP contribution >= 0.6 is 0 Å². The molecule has 4 rings (SSSR count). The van der Waals surface area contributed by atoms with Crippen LogP contribution in [0.2, 0.25) is 0 Å². The van der Waals surface area contributed by atoms with Gasteiger partial charge < -0.3 is 4.42 Å². The van der Waals surface area contributed by atoms with Gasteiger partial charge in [-0.2, -0.15) is 0 Å². The number of hydrogen-bond donors (Lipinski definition) is 1. The molecule has 0 bridgehead atoms. The van der Waals surface area contributed by atoms with Crippen LogP contribution < -0.4 is 4.72 Å². The summed E-state index contributed by atoms with van der Waals surface area (Å²) in [6.07, 6.45) is 1.65. The first-order valence-corrected chi connectivity index (χ1v) is 10.1.